The summed E-state index contributed by atoms with van der Waals surface area (Å²) in [5, 5.41) is 15.0. The molecule has 1 N–H and O–H groups in total. The molecule has 152 valence electrons. The van der Waals surface area contributed by atoms with Crippen molar-refractivity contribution < 1.29 is 13.3 Å². The van der Waals surface area contributed by atoms with E-state index in [0.717, 1.165) is 16.9 Å². The number of fused-ring (bicyclic) bond motifs is 2. The number of rotatable bonds is 4. The third-order valence-electron chi connectivity index (χ3n) is 6.26. The van der Waals surface area contributed by atoms with Crippen LogP contribution < -0.4 is 5.32 Å². The van der Waals surface area contributed by atoms with Gasteiger partial charge in [0.2, 0.25) is 10.0 Å². The summed E-state index contributed by atoms with van der Waals surface area (Å²) < 4.78 is 27.0. The first-order chi connectivity index (χ1) is 13.3. The fraction of sp³-hybridized carbons (Fsp3) is 0.611. The van der Waals surface area contributed by atoms with Gasteiger partial charge in [-0.05, 0) is 55.4 Å². The van der Waals surface area contributed by atoms with Gasteiger partial charge in [0.25, 0.3) is 5.69 Å². The van der Waals surface area contributed by atoms with Crippen molar-refractivity contribution in [2.45, 2.75) is 36.6 Å². The molecule has 2 aliphatic carbocycles. The van der Waals surface area contributed by atoms with Gasteiger partial charge in [-0.3, -0.25) is 10.1 Å². The molecule has 0 spiro atoms. The predicted octanol–water partition coefficient (Wildman–Crippen LogP) is 1.96. The van der Waals surface area contributed by atoms with Crippen molar-refractivity contribution in [2.75, 3.05) is 26.2 Å². The van der Waals surface area contributed by atoms with Gasteiger partial charge in [0, 0.05) is 44.4 Å². The number of hydrogen-bond donors (Lipinski definition) is 1. The van der Waals surface area contributed by atoms with Crippen LogP contribution in [0.25, 0.3) is 0 Å². The van der Waals surface area contributed by atoms with E-state index in [1.54, 1.807) is 0 Å². The van der Waals surface area contributed by atoms with Crippen molar-refractivity contribution >= 4 is 33.0 Å². The van der Waals surface area contributed by atoms with Gasteiger partial charge in [-0.1, -0.05) is 6.42 Å². The number of nitrogens with zero attached hydrogens (tertiary/aromatic N) is 3. The first-order valence-corrected chi connectivity index (χ1v) is 11.5. The van der Waals surface area contributed by atoms with Crippen molar-refractivity contribution in [1.29, 1.82) is 0 Å². The topological polar surface area (TPSA) is 95.8 Å². The summed E-state index contributed by atoms with van der Waals surface area (Å²) in [4.78, 5) is 12.3. The van der Waals surface area contributed by atoms with E-state index in [1.807, 2.05) is 4.90 Å². The molecule has 1 aromatic carbocycles. The first kappa shape index (κ1) is 19.5. The monoisotopic (exact) mass is 424 g/mol. The summed E-state index contributed by atoms with van der Waals surface area (Å²) in [6.45, 7) is 1.77. The van der Waals surface area contributed by atoms with E-state index < -0.39 is 14.9 Å². The van der Waals surface area contributed by atoms with Crippen molar-refractivity contribution in [1.82, 2.24) is 14.5 Å². The van der Waals surface area contributed by atoms with Crippen LogP contribution in [-0.4, -0.2) is 59.9 Å². The van der Waals surface area contributed by atoms with Crippen molar-refractivity contribution in [3.05, 3.63) is 34.4 Å². The smallest absolute Gasteiger partial charge is 0.269 e. The SMILES string of the molecule is O=[N+]([O-])c1ccc(S(=O)(=O)N2CCN(C(=S)NC3CC4CCC3C4)CC2)cc1. The number of thiocarbonyl (C=S) groups is 1. The Balaban J connectivity index is 1.34. The fourth-order valence-electron chi connectivity index (χ4n) is 4.69. The van der Waals surface area contributed by atoms with Crippen LogP contribution in [0.5, 0.6) is 0 Å². The van der Waals surface area contributed by atoms with Crippen LogP contribution in [0.3, 0.4) is 0 Å². The quantitative estimate of drug-likeness (QED) is 0.448. The minimum absolute atomic E-state index is 0.0780. The maximum atomic E-state index is 12.8. The Morgan fingerprint density at radius 3 is 2.32 bits per heavy atom. The van der Waals surface area contributed by atoms with Gasteiger partial charge >= 0.3 is 0 Å². The Morgan fingerprint density at radius 2 is 1.79 bits per heavy atom. The van der Waals surface area contributed by atoms with E-state index in [2.05, 4.69) is 5.32 Å². The summed E-state index contributed by atoms with van der Waals surface area (Å²) in [5.41, 5.74) is -0.124. The number of benzene rings is 1. The lowest BCUT2D eigenvalue weighted by Gasteiger charge is -2.37. The number of sulfonamides is 1. The van der Waals surface area contributed by atoms with Gasteiger partial charge in [0.1, 0.15) is 0 Å². The molecule has 1 aliphatic heterocycles. The van der Waals surface area contributed by atoms with Gasteiger partial charge in [-0.25, -0.2) is 8.42 Å². The molecule has 0 aromatic heterocycles. The second-order valence-corrected chi connectivity index (χ2v) is 10.2. The largest absolute Gasteiger partial charge is 0.360 e. The van der Waals surface area contributed by atoms with Gasteiger partial charge in [0.15, 0.2) is 5.11 Å². The second-order valence-electron chi connectivity index (χ2n) is 7.87. The average Bonchev–Trinajstić information content (AvgIpc) is 3.31. The molecule has 10 heteroatoms. The zero-order valence-electron chi connectivity index (χ0n) is 15.5. The van der Waals surface area contributed by atoms with Crippen molar-refractivity contribution in [3.8, 4) is 0 Å². The van der Waals surface area contributed by atoms with Crippen molar-refractivity contribution in [2.24, 2.45) is 11.8 Å². The molecule has 1 saturated heterocycles. The molecule has 28 heavy (non-hydrogen) atoms. The molecule has 2 saturated carbocycles. The predicted molar refractivity (Wildman–Crippen MR) is 108 cm³/mol. The number of piperazine rings is 1. The van der Waals surface area contributed by atoms with Gasteiger partial charge < -0.3 is 10.2 Å². The standard InChI is InChI=1S/C18H24N4O4S2/c23-22(24)15-3-5-16(6-4-15)28(25,26)21-9-7-20(8-10-21)18(27)19-17-12-13-1-2-14(17)11-13/h3-6,13-14,17H,1-2,7-12H2,(H,19,27). The highest BCUT2D eigenvalue weighted by molar-refractivity contribution is 7.89. The molecule has 1 heterocycles. The molecule has 4 rings (SSSR count). The van der Waals surface area contributed by atoms with Crippen LogP contribution in [0.2, 0.25) is 0 Å². The van der Waals surface area contributed by atoms with E-state index in [0.29, 0.717) is 32.2 Å². The average molecular weight is 425 g/mol. The number of non-ortho nitro benzene ring substituents is 1. The minimum Gasteiger partial charge on any atom is -0.360 e. The van der Waals surface area contributed by atoms with E-state index in [1.165, 1.54) is 54.3 Å². The Kier molecular flexibility index (Phi) is 5.28. The van der Waals surface area contributed by atoms with Crippen molar-refractivity contribution in [3.63, 3.8) is 0 Å². The van der Waals surface area contributed by atoms with Crippen LogP contribution in [-0.2, 0) is 10.0 Å². The lowest BCUT2D eigenvalue weighted by atomic mass is 9.95. The van der Waals surface area contributed by atoms with Gasteiger partial charge in [0.05, 0.1) is 9.82 Å². The first-order valence-electron chi connectivity index (χ1n) is 9.64. The van der Waals surface area contributed by atoms with Crippen LogP contribution in [0.1, 0.15) is 25.7 Å². The van der Waals surface area contributed by atoms with Crippen LogP contribution >= 0.6 is 12.2 Å². The summed E-state index contributed by atoms with van der Waals surface area (Å²) >= 11 is 5.57. The Hall–Kier alpha value is -1.78. The van der Waals surface area contributed by atoms with Gasteiger partial charge in [-0.2, -0.15) is 4.31 Å². The molecule has 3 atom stereocenters. The molecule has 1 aromatic rings. The summed E-state index contributed by atoms with van der Waals surface area (Å²) in [6, 6.07) is 5.49. The highest BCUT2D eigenvalue weighted by Gasteiger charge is 2.40. The number of nitrogens with one attached hydrogen (secondary N) is 1. The molecular weight excluding hydrogens is 400 g/mol. The van der Waals surface area contributed by atoms with Crippen LogP contribution in [0.15, 0.2) is 29.2 Å². The molecule has 0 amide bonds. The molecule has 3 aliphatic rings. The fourth-order valence-corrected chi connectivity index (χ4v) is 6.45. The third-order valence-corrected chi connectivity index (χ3v) is 8.55. The normalized spacial score (nSPS) is 27.7. The van der Waals surface area contributed by atoms with E-state index >= 15 is 0 Å². The maximum Gasteiger partial charge on any atom is 0.269 e. The number of hydrogen-bond acceptors (Lipinski definition) is 5. The van der Waals surface area contributed by atoms with Gasteiger partial charge in [-0.15, -0.1) is 0 Å². The summed E-state index contributed by atoms with van der Waals surface area (Å²) in [6.07, 6.45) is 5.13. The van der Waals surface area contributed by atoms with E-state index in [4.69, 9.17) is 12.2 Å². The molecular formula is C18H24N4O4S2. The molecule has 8 nitrogen and oxygen atoms in total. The Morgan fingerprint density at radius 1 is 1.11 bits per heavy atom. The highest BCUT2D eigenvalue weighted by atomic mass is 32.2. The van der Waals surface area contributed by atoms with Crippen LogP contribution in [0.4, 0.5) is 5.69 Å². The maximum absolute atomic E-state index is 12.8. The lowest BCUT2D eigenvalue weighted by molar-refractivity contribution is -0.384. The minimum atomic E-state index is -3.66. The van der Waals surface area contributed by atoms with Crippen LogP contribution in [0, 0.1) is 22.0 Å². The summed E-state index contributed by atoms with van der Waals surface area (Å²) in [7, 11) is -3.66. The zero-order valence-corrected chi connectivity index (χ0v) is 17.1. The van der Waals surface area contributed by atoms with E-state index in [9.17, 15) is 18.5 Å². The molecule has 0 radical (unpaired) electrons. The molecule has 3 unspecified atom stereocenters. The second kappa shape index (κ2) is 7.57. The Bertz CT molecular complexity index is 866. The number of nitro groups is 1. The highest BCUT2D eigenvalue weighted by Crippen LogP contribution is 2.44. The molecule has 2 bridgehead atoms. The number of nitro benzene ring substituents is 1. The zero-order chi connectivity index (χ0) is 19.9. The van der Waals surface area contributed by atoms with E-state index in [-0.39, 0.29) is 10.6 Å². The summed E-state index contributed by atoms with van der Waals surface area (Å²) in [5.74, 6) is 1.57. The third kappa shape index (κ3) is 3.72. The molecule has 3 fully saturated rings. The Labute approximate surface area is 170 Å². The lowest BCUT2D eigenvalue weighted by Crippen LogP contribution is -2.54.